The minimum absolute atomic E-state index is 0.164. The molecule has 0 N–H and O–H groups in total. The highest BCUT2D eigenvalue weighted by Gasteiger charge is 2.39. The second-order valence-corrected chi connectivity index (χ2v) is 8.20. The van der Waals surface area contributed by atoms with Crippen LogP contribution in [0, 0.1) is 0 Å². The molecule has 0 radical (unpaired) electrons. The second kappa shape index (κ2) is 7.92. The van der Waals surface area contributed by atoms with Gasteiger partial charge in [0.1, 0.15) is 6.33 Å². The van der Waals surface area contributed by atoms with Gasteiger partial charge in [-0.1, -0.05) is 6.07 Å². The van der Waals surface area contributed by atoms with E-state index < -0.39 is 45.8 Å². The van der Waals surface area contributed by atoms with Crippen LogP contribution in [0.5, 0.6) is 0 Å². The van der Waals surface area contributed by atoms with Crippen LogP contribution in [0.4, 0.5) is 32.0 Å². The minimum Gasteiger partial charge on any atom is -0.265 e. The first-order chi connectivity index (χ1) is 12.4. The number of sulfonamides is 1. The number of aromatic nitrogens is 2. The first-order valence-corrected chi connectivity index (χ1v) is 9.45. The van der Waals surface area contributed by atoms with Crippen LogP contribution in [-0.4, -0.2) is 35.8 Å². The van der Waals surface area contributed by atoms with E-state index in [-0.39, 0.29) is 16.1 Å². The van der Waals surface area contributed by atoms with Crippen LogP contribution in [0.1, 0.15) is 5.56 Å². The van der Waals surface area contributed by atoms with E-state index in [9.17, 15) is 34.8 Å². The number of nitrogens with zero attached hydrogens (tertiary/aromatic N) is 3. The molecular formula is C14H11F6N3O2S2. The summed E-state index contributed by atoms with van der Waals surface area (Å²) in [5, 5.41) is 0. The number of anilines is 1. The lowest BCUT2D eigenvalue weighted by molar-refractivity contribution is -0.106. The van der Waals surface area contributed by atoms with E-state index in [2.05, 4.69) is 9.97 Å². The molecule has 0 unspecified atom stereocenters. The number of halogens is 6. The molecule has 2 rings (SSSR count). The molecule has 1 aromatic heterocycles. The Morgan fingerprint density at radius 3 is 2.22 bits per heavy atom. The molecule has 0 aliphatic rings. The molecule has 0 saturated heterocycles. The first kappa shape index (κ1) is 21.3. The maximum absolute atomic E-state index is 12.7. The molecule has 5 nitrogen and oxygen atoms in total. The number of rotatable bonds is 6. The van der Waals surface area contributed by atoms with Gasteiger partial charge in [0.15, 0.2) is 5.75 Å². The van der Waals surface area contributed by atoms with Crippen LogP contribution in [0.25, 0.3) is 0 Å². The van der Waals surface area contributed by atoms with Crippen molar-refractivity contribution in [2.45, 2.75) is 23.1 Å². The van der Waals surface area contributed by atoms with Gasteiger partial charge in [-0.05, 0) is 30.0 Å². The molecule has 0 saturated carbocycles. The van der Waals surface area contributed by atoms with Crippen LogP contribution in [-0.2, 0) is 16.6 Å². The topological polar surface area (TPSA) is 63.2 Å². The van der Waals surface area contributed by atoms with E-state index >= 15 is 0 Å². The van der Waals surface area contributed by atoms with Crippen molar-refractivity contribution in [3.8, 4) is 0 Å². The summed E-state index contributed by atoms with van der Waals surface area (Å²) >= 11 is -0.506. The van der Waals surface area contributed by atoms with Crippen molar-refractivity contribution in [2.24, 2.45) is 0 Å². The molecule has 0 spiro atoms. The van der Waals surface area contributed by atoms with Gasteiger partial charge in [0.2, 0.25) is 10.0 Å². The predicted molar refractivity (Wildman–Crippen MR) is 86.4 cm³/mol. The van der Waals surface area contributed by atoms with Crippen LogP contribution >= 0.6 is 11.8 Å². The summed E-state index contributed by atoms with van der Waals surface area (Å²) in [6, 6.07) is 4.16. The Morgan fingerprint density at radius 2 is 1.67 bits per heavy atom. The molecule has 1 heterocycles. The van der Waals surface area contributed by atoms with Crippen molar-refractivity contribution >= 4 is 27.5 Å². The van der Waals surface area contributed by atoms with Crippen LogP contribution in [0.15, 0.2) is 47.9 Å². The highest BCUT2D eigenvalue weighted by atomic mass is 32.2. The Kier molecular flexibility index (Phi) is 6.24. The molecule has 0 fully saturated rings. The van der Waals surface area contributed by atoms with Gasteiger partial charge < -0.3 is 0 Å². The highest BCUT2D eigenvalue weighted by Crippen LogP contribution is 2.38. The molecule has 2 aromatic rings. The zero-order valence-corrected chi connectivity index (χ0v) is 14.8. The summed E-state index contributed by atoms with van der Waals surface area (Å²) in [5.74, 6) is -2.16. The fourth-order valence-electron chi connectivity index (χ4n) is 2.05. The predicted octanol–water partition coefficient (Wildman–Crippen LogP) is 3.99. The second-order valence-electron chi connectivity index (χ2n) is 5.17. The number of hydrogen-bond donors (Lipinski definition) is 0. The third kappa shape index (κ3) is 6.90. The Labute approximate surface area is 154 Å². The number of thioether (sulfide) groups is 1. The lowest BCUT2D eigenvalue weighted by atomic mass is 10.3. The smallest absolute Gasteiger partial charge is 0.265 e. The van der Waals surface area contributed by atoms with Gasteiger partial charge in [0, 0.05) is 22.9 Å². The molecule has 0 bridgehead atoms. The summed E-state index contributed by atoms with van der Waals surface area (Å²) in [6.45, 7) is -0.570. The molecular weight excluding hydrogens is 420 g/mol. The summed E-state index contributed by atoms with van der Waals surface area (Å²) in [6.07, 6.45) is -1.50. The molecule has 148 valence electrons. The van der Waals surface area contributed by atoms with E-state index in [0.717, 1.165) is 30.6 Å². The van der Waals surface area contributed by atoms with Crippen LogP contribution < -0.4 is 4.31 Å². The zero-order chi connectivity index (χ0) is 20.3. The Balaban J connectivity index is 2.45. The lowest BCUT2D eigenvalue weighted by Crippen LogP contribution is -2.37. The van der Waals surface area contributed by atoms with E-state index in [1.54, 1.807) is 0 Å². The number of hydrogen-bond acceptors (Lipinski definition) is 5. The molecule has 1 aromatic carbocycles. The molecule has 0 aliphatic carbocycles. The van der Waals surface area contributed by atoms with Gasteiger partial charge in [-0.15, -0.1) is 0 Å². The van der Waals surface area contributed by atoms with Gasteiger partial charge in [-0.2, -0.15) is 26.3 Å². The van der Waals surface area contributed by atoms with Crippen molar-refractivity contribution in [3.05, 3.63) is 48.5 Å². The summed E-state index contributed by atoms with van der Waals surface area (Å²) < 4.78 is 101. The maximum atomic E-state index is 12.7. The molecule has 0 aliphatic heterocycles. The minimum atomic E-state index is -5.03. The van der Waals surface area contributed by atoms with Crippen molar-refractivity contribution in [2.75, 3.05) is 10.1 Å². The van der Waals surface area contributed by atoms with E-state index in [0.29, 0.717) is 4.31 Å². The van der Waals surface area contributed by atoms with Crippen LogP contribution in [0.2, 0.25) is 0 Å². The summed E-state index contributed by atoms with van der Waals surface area (Å²) in [5.41, 5.74) is -4.81. The van der Waals surface area contributed by atoms with Crippen molar-refractivity contribution in [3.63, 3.8) is 0 Å². The molecule has 0 atom stereocenters. The quantitative estimate of drug-likeness (QED) is 0.511. The van der Waals surface area contributed by atoms with Crippen LogP contribution in [0.3, 0.4) is 0 Å². The Morgan fingerprint density at radius 1 is 1.04 bits per heavy atom. The SMILES string of the molecule is O=S(=O)(CC(F)(F)F)N(Cc1cncnc1)c1cccc(SC(F)(F)F)c1. The van der Waals surface area contributed by atoms with Crippen molar-refractivity contribution < 1.29 is 34.8 Å². The first-order valence-electron chi connectivity index (χ1n) is 7.03. The van der Waals surface area contributed by atoms with Gasteiger partial charge in [-0.3, -0.25) is 4.31 Å². The normalized spacial score (nSPS) is 12.8. The number of alkyl halides is 6. The monoisotopic (exact) mass is 431 g/mol. The third-order valence-electron chi connectivity index (χ3n) is 2.96. The molecule has 0 amide bonds. The maximum Gasteiger partial charge on any atom is 0.446 e. The Bertz CT molecular complexity index is 872. The zero-order valence-electron chi connectivity index (χ0n) is 13.2. The summed E-state index contributed by atoms with van der Waals surface area (Å²) in [7, 11) is -4.93. The van der Waals surface area contributed by atoms with E-state index in [1.807, 2.05) is 0 Å². The number of benzene rings is 1. The fraction of sp³-hybridized carbons (Fsp3) is 0.286. The Hall–Kier alpha value is -2.02. The van der Waals surface area contributed by atoms with Gasteiger partial charge in [0.05, 0.1) is 12.2 Å². The fourth-order valence-corrected chi connectivity index (χ4v) is 3.99. The molecule has 13 heteroatoms. The third-order valence-corrected chi connectivity index (χ3v) is 5.39. The van der Waals surface area contributed by atoms with E-state index in [4.69, 9.17) is 0 Å². The largest absolute Gasteiger partial charge is 0.446 e. The standard InChI is InChI=1S/C14H11F6N3O2S2/c15-13(16,17)8-27(24,25)23(7-10-5-21-9-22-6-10)11-2-1-3-12(4-11)26-14(18,19)20/h1-6,9H,7-8H2. The van der Waals surface area contributed by atoms with Gasteiger partial charge >= 0.3 is 11.7 Å². The van der Waals surface area contributed by atoms with E-state index in [1.165, 1.54) is 12.4 Å². The highest BCUT2D eigenvalue weighted by molar-refractivity contribution is 8.00. The van der Waals surface area contributed by atoms with Crippen molar-refractivity contribution in [1.82, 2.24) is 9.97 Å². The average molecular weight is 431 g/mol. The lowest BCUT2D eigenvalue weighted by Gasteiger charge is -2.25. The van der Waals surface area contributed by atoms with Gasteiger partial charge in [-0.25, -0.2) is 18.4 Å². The van der Waals surface area contributed by atoms with Crippen molar-refractivity contribution in [1.29, 1.82) is 0 Å². The molecule has 27 heavy (non-hydrogen) atoms. The van der Waals surface area contributed by atoms with Gasteiger partial charge in [0.25, 0.3) is 0 Å². The summed E-state index contributed by atoms with van der Waals surface area (Å²) in [4.78, 5) is 6.93. The average Bonchev–Trinajstić information content (AvgIpc) is 2.50.